The summed E-state index contributed by atoms with van der Waals surface area (Å²) in [6.45, 7) is 6.35. The summed E-state index contributed by atoms with van der Waals surface area (Å²) in [5, 5.41) is 10.5. The van der Waals surface area contributed by atoms with Gasteiger partial charge in [0.15, 0.2) is 0 Å². The Bertz CT molecular complexity index is 880. The Labute approximate surface area is 196 Å². The van der Waals surface area contributed by atoms with Crippen molar-refractivity contribution in [1.29, 1.82) is 0 Å². The molecule has 1 aliphatic carbocycles. The molecule has 0 aromatic carbocycles. The summed E-state index contributed by atoms with van der Waals surface area (Å²) in [6, 6.07) is 2.34. The zero-order valence-corrected chi connectivity index (χ0v) is 20.1. The molecule has 9 nitrogen and oxygen atoms in total. The second-order valence-electron chi connectivity index (χ2n) is 10.3. The third-order valence-electron chi connectivity index (χ3n) is 7.47. The van der Waals surface area contributed by atoms with E-state index in [0.717, 1.165) is 62.9 Å². The van der Waals surface area contributed by atoms with Gasteiger partial charge in [0.1, 0.15) is 6.29 Å². The number of carbonyl (C=O) groups excluding carboxylic acids is 1. The molecule has 4 atom stereocenters. The van der Waals surface area contributed by atoms with Gasteiger partial charge in [0.25, 0.3) is 5.56 Å². The highest BCUT2D eigenvalue weighted by molar-refractivity contribution is 5.78. The molecule has 33 heavy (non-hydrogen) atoms. The number of amides is 1. The Morgan fingerprint density at radius 1 is 1.18 bits per heavy atom. The van der Waals surface area contributed by atoms with E-state index in [2.05, 4.69) is 34.7 Å². The van der Waals surface area contributed by atoms with Crippen LogP contribution in [0.5, 0.6) is 0 Å². The summed E-state index contributed by atoms with van der Waals surface area (Å²) in [5.74, 6) is -0.659. The van der Waals surface area contributed by atoms with E-state index in [-0.39, 0.29) is 41.9 Å². The molecule has 3 heterocycles. The van der Waals surface area contributed by atoms with Gasteiger partial charge in [0.05, 0.1) is 17.8 Å². The molecule has 0 spiro atoms. The van der Waals surface area contributed by atoms with Crippen LogP contribution >= 0.6 is 0 Å². The number of carbonyl (C=O) groups is 1. The van der Waals surface area contributed by atoms with Crippen LogP contribution in [0.15, 0.2) is 17.1 Å². The summed E-state index contributed by atoms with van der Waals surface area (Å²) in [4.78, 5) is 27.8. The summed E-state index contributed by atoms with van der Waals surface area (Å²) in [5.41, 5.74) is 13.7. The maximum absolute atomic E-state index is 13.2. The fourth-order valence-electron chi connectivity index (χ4n) is 5.54. The number of primary amides is 1. The fraction of sp³-hybridized carbons (Fsp3) is 0.750. The molecule has 4 rings (SSSR count). The predicted molar refractivity (Wildman–Crippen MR) is 131 cm³/mol. The van der Waals surface area contributed by atoms with Crippen LogP contribution in [-0.2, 0) is 4.79 Å². The van der Waals surface area contributed by atoms with Gasteiger partial charge in [0, 0.05) is 43.5 Å². The highest BCUT2D eigenvalue weighted by Gasteiger charge is 2.36. The normalized spacial score (nSPS) is 29.8. The Balaban J connectivity index is 1.59. The molecule has 7 N–H and O–H groups in total. The predicted octanol–water partition coefficient (Wildman–Crippen LogP) is 1.22. The van der Waals surface area contributed by atoms with Crippen molar-refractivity contribution in [2.45, 2.75) is 89.3 Å². The van der Waals surface area contributed by atoms with Gasteiger partial charge in [-0.2, -0.15) is 0 Å². The molecule has 3 aliphatic rings. The zero-order chi connectivity index (χ0) is 23.5. The molecular weight excluding hydrogens is 418 g/mol. The van der Waals surface area contributed by atoms with Crippen molar-refractivity contribution in [2.24, 2.45) is 17.4 Å². The molecular formula is C24H41N7O2. The lowest BCUT2D eigenvalue weighted by Crippen LogP contribution is -2.70. The maximum Gasteiger partial charge on any atom is 0.254 e. The topological polar surface area (TPSA) is 130 Å². The monoisotopic (exact) mass is 459 g/mol. The van der Waals surface area contributed by atoms with Crippen molar-refractivity contribution in [3.8, 4) is 0 Å². The quantitative estimate of drug-likeness (QED) is 0.432. The molecule has 1 saturated carbocycles. The summed E-state index contributed by atoms with van der Waals surface area (Å²) >= 11 is 0. The average molecular weight is 460 g/mol. The van der Waals surface area contributed by atoms with Crippen molar-refractivity contribution in [3.63, 3.8) is 0 Å². The Hall–Kier alpha value is -1.94. The zero-order valence-electron chi connectivity index (χ0n) is 20.1. The van der Waals surface area contributed by atoms with Crippen molar-refractivity contribution < 1.29 is 4.79 Å². The minimum absolute atomic E-state index is 0.0849. The van der Waals surface area contributed by atoms with E-state index >= 15 is 0 Å². The molecule has 3 fully saturated rings. The molecule has 1 amide bonds. The molecule has 2 saturated heterocycles. The molecule has 2 aliphatic heterocycles. The second kappa shape index (κ2) is 10.5. The van der Waals surface area contributed by atoms with Gasteiger partial charge in [-0.3, -0.25) is 25.1 Å². The highest BCUT2D eigenvalue weighted by atomic mass is 16.1. The average Bonchev–Trinajstić information content (AvgIpc) is 2.80. The molecule has 0 bridgehead atoms. The minimum Gasteiger partial charge on any atom is -0.369 e. The van der Waals surface area contributed by atoms with Crippen molar-refractivity contribution in [1.82, 2.24) is 20.1 Å². The van der Waals surface area contributed by atoms with E-state index in [0.29, 0.717) is 6.54 Å². The lowest BCUT2D eigenvalue weighted by molar-refractivity contribution is -0.123. The van der Waals surface area contributed by atoms with Gasteiger partial charge in [-0.05, 0) is 37.7 Å². The minimum atomic E-state index is -0.419. The van der Waals surface area contributed by atoms with Crippen LogP contribution in [0.1, 0.15) is 76.3 Å². The van der Waals surface area contributed by atoms with Crippen LogP contribution in [-0.4, -0.2) is 53.5 Å². The number of hydrogen-bond donors (Lipinski definition) is 5. The lowest BCUT2D eigenvalue weighted by atomic mass is 9.94. The first kappa shape index (κ1) is 24.2. The molecule has 184 valence electrons. The highest BCUT2D eigenvalue weighted by Crippen LogP contribution is 2.29. The van der Waals surface area contributed by atoms with Crippen LogP contribution in [0, 0.1) is 5.92 Å². The van der Waals surface area contributed by atoms with Gasteiger partial charge in [-0.25, -0.2) is 0 Å². The molecule has 1 aromatic rings. The van der Waals surface area contributed by atoms with E-state index in [1.807, 2.05) is 16.8 Å². The number of pyridine rings is 1. The van der Waals surface area contributed by atoms with Crippen LogP contribution in [0.25, 0.3) is 0 Å². The number of rotatable bonds is 6. The van der Waals surface area contributed by atoms with Crippen LogP contribution in [0.3, 0.4) is 0 Å². The van der Waals surface area contributed by atoms with Gasteiger partial charge in [0.2, 0.25) is 5.91 Å². The number of hydrogen-bond acceptors (Lipinski definition) is 7. The Morgan fingerprint density at radius 3 is 2.61 bits per heavy atom. The van der Waals surface area contributed by atoms with E-state index in [9.17, 15) is 9.59 Å². The summed E-state index contributed by atoms with van der Waals surface area (Å²) < 4.78 is 1.93. The number of aromatic nitrogens is 1. The van der Waals surface area contributed by atoms with Crippen LogP contribution in [0.2, 0.25) is 0 Å². The first-order valence-corrected chi connectivity index (χ1v) is 12.6. The number of anilines is 1. The lowest BCUT2D eigenvalue weighted by Gasteiger charge is -2.44. The largest absolute Gasteiger partial charge is 0.369 e. The number of nitrogens with zero attached hydrogens (tertiary/aromatic N) is 2. The van der Waals surface area contributed by atoms with E-state index in [1.165, 1.54) is 6.42 Å². The van der Waals surface area contributed by atoms with Crippen molar-refractivity contribution in [2.75, 3.05) is 25.0 Å². The third kappa shape index (κ3) is 5.59. The second-order valence-corrected chi connectivity index (χ2v) is 10.3. The van der Waals surface area contributed by atoms with Crippen molar-refractivity contribution in [3.05, 3.63) is 28.2 Å². The molecule has 0 radical (unpaired) electrons. The van der Waals surface area contributed by atoms with Gasteiger partial charge >= 0.3 is 0 Å². The third-order valence-corrected chi connectivity index (χ3v) is 7.47. The molecule has 3 unspecified atom stereocenters. The summed E-state index contributed by atoms with van der Waals surface area (Å²) in [7, 11) is 0. The maximum atomic E-state index is 13.2. The van der Waals surface area contributed by atoms with E-state index in [4.69, 9.17) is 11.5 Å². The van der Waals surface area contributed by atoms with Crippen LogP contribution < -0.4 is 33.0 Å². The SMILES string of the molecule is CC(C)c1cc(NC2NC(N3CCC[C@H](N)C3)NCC2C(N)=O)cn(C2CCCCC2)c1=O. The first-order valence-electron chi connectivity index (χ1n) is 12.6. The van der Waals surface area contributed by atoms with E-state index < -0.39 is 5.92 Å². The fourth-order valence-corrected chi connectivity index (χ4v) is 5.54. The Kier molecular flexibility index (Phi) is 7.73. The number of likely N-dealkylation sites (tertiary alicyclic amines) is 1. The standard InChI is InChI=1S/C24H41N7O2/c1-15(2)19-11-17(14-31(23(19)33)18-8-4-3-5-9-18)28-22-20(21(26)32)12-27-24(29-22)30-10-6-7-16(25)13-30/h11,14-16,18,20,22,24,27-29H,3-10,12-13,25H2,1-2H3,(H2,26,32)/t16-,20?,22?,24?/m0/s1. The van der Waals surface area contributed by atoms with Gasteiger partial charge in [-0.1, -0.05) is 33.1 Å². The van der Waals surface area contributed by atoms with Gasteiger partial charge in [-0.15, -0.1) is 0 Å². The molecule has 9 heteroatoms. The van der Waals surface area contributed by atoms with Crippen LogP contribution in [0.4, 0.5) is 5.69 Å². The Morgan fingerprint density at radius 2 is 1.94 bits per heavy atom. The smallest absolute Gasteiger partial charge is 0.254 e. The number of nitrogens with one attached hydrogen (secondary N) is 3. The first-order chi connectivity index (χ1) is 15.8. The number of nitrogens with two attached hydrogens (primary N) is 2. The summed E-state index contributed by atoms with van der Waals surface area (Å²) in [6.07, 6.45) is 9.23. The molecule has 1 aromatic heterocycles. The van der Waals surface area contributed by atoms with Gasteiger partial charge < -0.3 is 21.4 Å². The van der Waals surface area contributed by atoms with Crippen molar-refractivity contribution >= 4 is 11.6 Å². The van der Waals surface area contributed by atoms with E-state index in [1.54, 1.807) is 0 Å². The number of piperidine rings is 1.